The van der Waals surface area contributed by atoms with Crippen molar-refractivity contribution in [1.29, 1.82) is 0 Å². The summed E-state index contributed by atoms with van der Waals surface area (Å²) < 4.78 is 26.0. The molecule has 0 rings (SSSR count). The minimum Gasteiger partial charge on any atom is -0.322 e. The summed E-state index contributed by atoms with van der Waals surface area (Å²) in [4.78, 5) is 0. The minimum atomic E-state index is -1.33. The summed E-state index contributed by atoms with van der Waals surface area (Å²) in [7, 11) is -2.43. The molecule has 0 bridgehead atoms. The highest BCUT2D eigenvalue weighted by Gasteiger charge is 2.26. The van der Waals surface area contributed by atoms with Crippen LogP contribution in [0.15, 0.2) is 0 Å². The van der Waals surface area contributed by atoms with Gasteiger partial charge in [0.2, 0.25) is 0 Å². The zero-order valence-electron chi connectivity index (χ0n) is 15.8. The van der Waals surface area contributed by atoms with Crippen molar-refractivity contribution in [3.63, 3.8) is 0 Å². The average molecular weight is 369 g/mol. The first-order valence-corrected chi connectivity index (χ1v) is 11.4. The molecule has 5 nitrogen and oxygen atoms in total. The van der Waals surface area contributed by atoms with E-state index in [0.717, 1.165) is 58.2 Å². The van der Waals surface area contributed by atoms with Gasteiger partial charge in [0.25, 0.3) is 8.53 Å². The lowest BCUT2D eigenvalue weighted by Gasteiger charge is -2.29. The third-order valence-corrected chi connectivity index (χ3v) is 6.50. The van der Waals surface area contributed by atoms with E-state index < -0.39 is 17.1 Å². The van der Waals surface area contributed by atoms with Crippen LogP contribution in [-0.2, 0) is 17.9 Å². The summed E-state index contributed by atoms with van der Waals surface area (Å²) in [6.07, 6.45) is 6.44. The molecule has 0 aliphatic rings. The fraction of sp³-hybridized carbons (Fsp3) is 1.00. The second-order valence-electron chi connectivity index (χ2n) is 5.24. The maximum Gasteiger partial charge on any atom is 0.339 e. The molecule has 0 N–H and O–H groups in total. The van der Waals surface area contributed by atoms with E-state index in [1.165, 1.54) is 0 Å². The molecule has 1 atom stereocenters. The van der Waals surface area contributed by atoms with Gasteiger partial charge in [0, 0.05) is 13.1 Å². The smallest absolute Gasteiger partial charge is 0.322 e. The van der Waals surface area contributed by atoms with Crippen LogP contribution >= 0.6 is 17.1 Å². The predicted octanol–water partition coefficient (Wildman–Crippen LogP) is 6.25. The van der Waals surface area contributed by atoms with Gasteiger partial charge in [-0.1, -0.05) is 53.9 Å². The molecule has 0 aromatic heterocycles. The van der Waals surface area contributed by atoms with Gasteiger partial charge in [0.15, 0.2) is 0 Å². The van der Waals surface area contributed by atoms with Crippen LogP contribution in [0.5, 0.6) is 0 Å². The fourth-order valence-corrected chi connectivity index (χ4v) is 4.58. The molecular formula is C16H37NO4P2. The Morgan fingerprint density at radius 3 is 1.48 bits per heavy atom. The number of hydrogen-bond donors (Lipinski definition) is 0. The first-order chi connectivity index (χ1) is 11.2. The maximum absolute atomic E-state index is 6.12. The zero-order valence-corrected chi connectivity index (χ0v) is 17.5. The van der Waals surface area contributed by atoms with Gasteiger partial charge in [-0.3, -0.25) is 0 Å². The molecule has 140 valence electrons. The summed E-state index contributed by atoms with van der Waals surface area (Å²) in [5, 5.41) is 0. The van der Waals surface area contributed by atoms with Gasteiger partial charge in [-0.15, -0.1) is 0 Å². The molecule has 23 heavy (non-hydrogen) atoms. The molecular weight excluding hydrogens is 332 g/mol. The van der Waals surface area contributed by atoms with E-state index >= 15 is 0 Å². The molecule has 0 saturated heterocycles. The Hall–Kier alpha value is 0.660. The second-order valence-corrected chi connectivity index (χ2v) is 8.16. The van der Waals surface area contributed by atoms with E-state index in [9.17, 15) is 0 Å². The van der Waals surface area contributed by atoms with Gasteiger partial charge in [-0.2, -0.15) is 0 Å². The van der Waals surface area contributed by atoms with E-state index in [2.05, 4.69) is 39.3 Å². The highest BCUT2D eigenvalue weighted by Crippen LogP contribution is 2.57. The second kappa shape index (κ2) is 17.5. The lowest BCUT2D eigenvalue weighted by Crippen LogP contribution is -2.19. The van der Waals surface area contributed by atoms with Crippen molar-refractivity contribution in [3.8, 4) is 0 Å². The van der Waals surface area contributed by atoms with Crippen LogP contribution in [0, 0.1) is 0 Å². The average Bonchev–Trinajstić information content (AvgIpc) is 2.56. The van der Waals surface area contributed by atoms with Crippen LogP contribution in [-0.4, -0.2) is 37.6 Å². The third-order valence-electron chi connectivity index (χ3n) is 3.19. The van der Waals surface area contributed by atoms with Gasteiger partial charge in [-0.05, 0) is 19.3 Å². The van der Waals surface area contributed by atoms with Crippen molar-refractivity contribution < 1.29 is 17.9 Å². The number of nitrogens with zero attached hydrogens (tertiary/aromatic N) is 1. The van der Waals surface area contributed by atoms with Gasteiger partial charge in [0.1, 0.15) is 0 Å². The monoisotopic (exact) mass is 369 g/mol. The van der Waals surface area contributed by atoms with E-state index in [-0.39, 0.29) is 0 Å². The summed E-state index contributed by atoms with van der Waals surface area (Å²) in [6.45, 7) is 14.6. The first kappa shape index (κ1) is 23.7. The van der Waals surface area contributed by atoms with Crippen LogP contribution in [0.3, 0.4) is 0 Å². The number of rotatable bonds is 17. The Bertz CT molecular complexity index is 236. The third kappa shape index (κ3) is 12.6. The Balaban J connectivity index is 4.56. The Morgan fingerprint density at radius 2 is 1.09 bits per heavy atom. The molecule has 0 aromatic rings. The molecule has 0 radical (unpaired) electrons. The van der Waals surface area contributed by atoms with Crippen molar-refractivity contribution >= 4 is 17.1 Å². The quantitative estimate of drug-likeness (QED) is 0.224. The topological polar surface area (TPSA) is 40.2 Å². The van der Waals surface area contributed by atoms with Crippen molar-refractivity contribution in [2.75, 3.05) is 32.9 Å². The summed E-state index contributed by atoms with van der Waals surface area (Å²) in [6, 6.07) is 0. The van der Waals surface area contributed by atoms with Crippen molar-refractivity contribution in [1.82, 2.24) is 4.67 Å². The molecule has 0 fully saturated rings. The standard InChI is InChI=1S/C16H37NO4P2/c1-6-11-14-18-22(17(9-4)10-5)21-23(19-15-12-7-2)20-16-13-8-3/h6-16H2,1-5H3. The van der Waals surface area contributed by atoms with Gasteiger partial charge in [-0.25, -0.2) is 8.98 Å². The normalized spacial score (nSPS) is 13.2. The van der Waals surface area contributed by atoms with Crippen molar-refractivity contribution in [2.45, 2.75) is 73.1 Å². The van der Waals surface area contributed by atoms with Crippen LogP contribution < -0.4 is 0 Å². The summed E-state index contributed by atoms with van der Waals surface area (Å²) in [5.74, 6) is 0. The maximum atomic E-state index is 6.12. The molecule has 0 heterocycles. The molecule has 0 amide bonds. The molecule has 0 saturated carbocycles. The van der Waals surface area contributed by atoms with Crippen LogP contribution in [0.4, 0.5) is 0 Å². The van der Waals surface area contributed by atoms with Gasteiger partial charge < -0.3 is 13.6 Å². The predicted molar refractivity (Wildman–Crippen MR) is 100 cm³/mol. The lowest BCUT2D eigenvalue weighted by atomic mass is 10.4. The van der Waals surface area contributed by atoms with Crippen LogP contribution in [0.2, 0.25) is 0 Å². The number of unbranched alkanes of at least 4 members (excludes halogenated alkanes) is 3. The van der Waals surface area contributed by atoms with E-state index in [0.29, 0.717) is 13.2 Å². The molecule has 0 aromatic carbocycles. The minimum absolute atomic E-state index is 0.685. The first-order valence-electron chi connectivity index (χ1n) is 9.15. The molecule has 0 spiro atoms. The van der Waals surface area contributed by atoms with Crippen LogP contribution in [0.1, 0.15) is 73.1 Å². The number of hydrogen-bond acceptors (Lipinski definition) is 5. The molecule has 0 aliphatic carbocycles. The van der Waals surface area contributed by atoms with Gasteiger partial charge in [0.05, 0.1) is 19.8 Å². The fourth-order valence-electron chi connectivity index (χ4n) is 1.61. The van der Waals surface area contributed by atoms with Gasteiger partial charge >= 0.3 is 8.60 Å². The summed E-state index contributed by atoms with van der Waals surface area (Å²) >= 11 is 0. The van der Waals surface area contributed by atoms with E-state index in [1.807, 2.05) is 0 Å². The Labute approximate surface area is 146 Å². The van der Waals surface area contributed by atoms with E-state index in [4.69, 9.17) is 17.9 Å². The summed E-state index contributed by atoms with van der Waals surface area (Å²) in [5.41, 5.74) is 0. The molecule has 0 aliphatic heterocycles. The zero-order chi connectivity index (χ0) is 17.3. The largest absolute Gasteiger partial charge is 0.339 e. The van der Waals surface area contributed by atoms with Crippen molar-refractivity contribution in [3.05, 3.63) is 0 Å². The Morgan fingerprint density at radius 1 is 0.652 bits per heavy atom. The highest BCUT2D eigenvalue weighted by molar-refractivity contribution is 7.57. The van der Waals surface area contributed by atoms with E-state index in [1.54, 1.807) is 0 Å². The lowest BCUT2D eigenvalue weighted by molar-refractivity contribution is 0.184. The molecule has 1 unspecified atom stereocenters. The Kier molecular flexibility index (Phi) is 18.0. The SMILES string of the molecule is CCCCOP(OCCCC)OP(OCCCC)N(CC)CC. The molecule has 7 heteroatoms. The highest BCUT2D eigenvalue weighted by atomic mass is 31.2. The van der Waals surface area contributed by atoms with Crippen LogP contribution in [0.25, 0.3) is 0 Å². The van der Waals surface area contributed by atoms with Crippen molar-refractivity contribution in [2.24, 2.45) is 0 Å².